The first-order valence-corrected chi connectivity index (χ1v) is 13.0. The van der Waals surface area contributed by atoms with Crippen molar-refractivity contribution in [3.05, 3.63) is 72.3 Å². The molecule has 4 heterocycles. The van der Waals surface area contributed by atoms with E-state index in [1.54, 1.807) is 12.4 Å². The Kier molecular flexibility index (Phi) is 5.39. The van der Waals surface area contributed by atoms with Gasteiger partial charge >= 0.3 is 0 Å². The SMILES string of the molecule is O=S(=O)(NC1c2ccccc2CC1O)c1ccc(N[C@@H]2CCN(c3ncnc4[nH]ccc34)C2)nc1. The molecule has 4 aromatic rings. The fourth-order valence-corrected chi connectivity index (χ4v) is 6.16. The van der Waals surface area contributed by atoms with Crippen LogP contribution in [0.25, 0.3) is 11.0 Å². The van der Waals surface area contributed by atoms with Gasteiger partial charge in [0.25, 0.3) is 0 Å². The maximum atomic E-state index is 13.0. The van der Waals surface area contributed by atoms with Crippen molar-refractivity contribution in [2.75, 3.05) is 23.3 Å². The van der Waals surface area contributed by atoms with Gasteiger partial charge in [-0.15, -0.1) is 0 Å². The van der Waals surface area contributed by atoms with Gasteiger partial charge in [0.15, 0.2) is 0 Å². The highest BCUT2D eigenvalue weighted by molar-refractivity contribution is 7.89. The van der Waals surface area contributed by atoms with Gasteiger partial charge in [0.2, 0.25) is 10.0 Å². The predicted octanol–water partition coefficient (Wildman–Crippen LogP) is 1.98. The van der Waals surface area contributed by atoms with E-state index in [9.17, 15) is 13.5 Å². The van der Waals surface area contributed by atoms with Crippen molar-refractivity contribution in [3.8, 4) is 0 Å². The van der Waals surface area contributed by atoms with Crippen molar-refractivity contribution in [1.29, 1.82) is 0 Å². The Morgan fingerprint density at radius 2 is 1.97 bits per heavy atom. The Bertz CT molecular complexity index is 1470. The number of H-pyrrole nitrogens is 1. The highest BCUT2D eigenvalue weighted by atomic mass is 32.2. The molecular weight excluding hydrogens is 466 g/mol. The van der Waals surface area contributed by atoms with Crippen LogP contribution in [0.1, 0.15) is 23.6 Å². The second kappa shape index (κ2) is 8.59. The molecule has 180 valence electrons. The summed E-state index contributed by atoms with van der Waals surface area (Å²) >= 11 is 0. The van der Waals surface area contributed by atoms with Crippen LogP contribution in [0.5, 0.6) is 0 Å². The molecule has 10 nitrogen and oxygen atoms in total. The van der Waals surface area contributed by atoms with Crippen molar-refractivity contribution in [2.45, 2.75) is 35.9 Å². The van der Waals surface area contributed by atoms with E-state index >= 15 is 0 Å². The van der Waals surface area contributed by atoms with Crippen molar-refractivity contribution in [2.24, 2.45) is 0 Å². The Morgan fingerprint density at radius 3 is 2.83 bits per heavy atom. The molecule has 3 atom stereocenters. The molecule has 1 saturated heterocycles. The van der Waals surface area contributed by atoms with Crippen LogP contribution in [0.3, 0.4) is 0 Å². The van der Waals surface area contributed by atoms with Gasteiger partial charge < -0.3 is 20.3 Å². The van der Waals surface area contributed by atoms with E-state index in [0.29, 0.717) is 12.2 Å². The maximum Gasteiger partial charge on any atom is 0.242 e. The third-order valence-electron chi connectivity index (χ3n) is 6.71. The number of rotatable bonds is 6. The minimum Gasteiger partial charge on any atom is -0.391 e. The second-order valence-electron chi connectivity index (χ2n) is 8.96. The number of aliphatic hydroxyl groups is 1. The first-order valence-electron chi connectivity index (χ1n) is 11.5. The number of hydrogen-bond acceptors (Lipinski definition) is 8. The summed E-state index contributed by atoms with van der Waals surface area (Å²) in [6.07, 6.45) is 5.29. The van der Waals surface area contributed by atoms with Gasteiger partial charge in [-0.3, -0.25) is 0 Å². The van der Waals surface area contributed by atoms with Crippen LogP contribution in [0, 0.1) is 0 Å². The molecule has 1 aromatic carbocycles. The first-order chi connectivity index (χ1) is 17.0. The number of pyridine rings is 1. The van der Waals surface area contributed by atoms with E-state index < -0.39 is 22.2 Å². The van der Waals surface area contributed by atoms with Crippen LogP contribution in [0.15, 0.2) is 66.1 Å². The average molecular weight is 492 g/mol. The van der Waals surface area contributed by atoms with E-state index in [2.05, 4.69) is 34.9 Å². The minimum atomic E-state index is -3.85. The first kappa shape index (κ1) is 22.0. The summed E-state index contributed by atoms with van der Waals surface area (Å²) in [6, 6.07) is 12.1. The summed E-state index contributed by atoms with van der Waals surface area (Å²) in [7, 11) is -3.85. The number of nitrogens with zero attached hydrogens (tertiary/aromatic N) is 4. The summed E-state index contributed by atoms with van der Waals surface area (Å²) in [5.41, 5.74) is 2.57. The number of aromatic amines is 1. The zero-order valence-corrected chi connectivity index (χ0v) is 19.6. The smallest absolute Gasteiger partial charge is 0.242 e. The lowest BCUT2D eigenvalue weighted by atomic mass is 10.1. The van der Waals surface area contributed by atoms with Crippen molar-refractivity contribution in [3.63, 3.8) is 0 Å². The van der Waals surface area contributed by atoms with Gasteiger partial charge in [-0.05, 0) is 35.7 Å². The summed E-state index contributed by atoms with van der Waals surface area (Å²) in [6.45, 7) is 1.59. The number of aliphatic hydroxyl groups excluding tert-OH is 1. The molecule has 4 N–H and O–H groups in total. The summed E-state index contributed by atoms with van der Waals surface area (Å²) in [4.78, 5) is 18.4. The topological polar surface area (TPSA) is 136 Å². The monoisotopic (exact) mass is 491 g/mol. The predicted molar refractivity (Wildman–Crippen MR) is 132 cm³/mol. The third-order valence-corrected chi connectivity index (χ3v) is 8.13. The fraction of sp³-hybridized carbons (Fsp3) is 0.292. The number of anilines is 2. The zero-order chi connectivity index (χ0) is 24.0. The Hall–Kier alpha value is -3.54. The second-order valence-corrected chi connectivity index (χ2v) is 10.7. The van der Waals surface area contributed by atoms with Crippen LogP contribution < -0.4 is 14.9 Å². The number of fused-ring (bicyclic) bond motifs is 2. The molecule has 2 aliphatic rings. The molecule has 0 amide bonds. The molecule has 11 heteroatoms. The fourth-order valence-electron chi connectivity index (χ4n) is 4.97. The standard InChI is InChI=1S/C24H25N7O3S/c32-20-11-15-3-1-2-4-18(15)22(20)30-35(33,34)17-5-6-21(26-12-17)29-16-8-10-31(13-16)24-19-7-9-25-23(19)27-14-28-24/h1-7,9,12,14,16,20,22,30,32H,8,10-11,13H2,(H,26,29)(H,25,27,28)/t16-,20?,22?/m1/s1. The molecule has 1 fully saturated rings. The quantitative estimate of drug-likeness (QED) is 0.321. The van der Waals surface area contributed by atoms with Crippen molar-refractivity contribution >= 4 is 32.7 Å². The zero-order valence-electron chi connectivity index (χ0n) is 18.8. The number of sulfonamides is 1. The molecular formula is C24H25N7O3S. The molecule has 0 spiro atoms. The molecule has 1 aliphatic heterocycles. The number of hydrogen-bond donors (Lipinski definition) is 4. The van der Waals surface area contributed by atoms with Crippen LogP contribution in [0.4, 0.5) is 11.6 Å². The lowest BCUT2D eigenvalue weighted by Crippen LogP contribution is -2.34. The van der Waals surface area contributed by atoms with E-state index in [0.717, 1.165) is 47.5 Å². The summed E-state index contributed by atoms with van der Waals surface area (Å²) < 4.78 is 28.6. The van der Waals surface area contributed by atoms with Crippen LogP contribution in [-0.2, 0) is 16.4 Å². The average Bonchev–Trinajstić information content (AvgIpc) is 3.59. The van der Waals surface area contributed by atoms with E-state index in [1.165, 1.54) is 12.3 Å². The van der Waals surface area contributed by atoms with Gasteiger partial charge in [-0.1, -0.05) is 24.3 Å². The molecule has 35 heavy (non-hydrogen) atoms. The Morgan fingerprint density at radius 1 is 1.09 bits per heavy atom. The summed E-state index contributed by atoms with van der Waals surface area (Å²) in [5, 5.41) is 14.8. The maximum absolute atomic E-state index is 13.0. The van der Waals surface area contributed by atoms with E-state index in [1.807, 2.05) is 36.5 Å². The Labute approximate surface area is 202 Å². The molecule has 0 saturated carbocycles. The Balaban J connectivity index is 1.12. The lowest BCUT2D eigenvalue weighted by Gasteiger charge is -2.19. The highest BCUT2D eigenvalue weighted by Crippen LogP contribution is 2.32. The van der Waals surface area contributed by atoms with Gasteiger partial charge in [-0.25, -0.2) is 28.1 Å². The molecule has 0 radical (unpaired) electrons. The number of benzene rings is 1. The highest BCUT2D eigenvalue weighted by Gasteiger charge is 2.34. The van der Waals surface area contributed by atoms with Crippen LogP contribution in [0.2, 0.25) is 0 Å². The van der Waals surface area contributed by atoms with E-state index in [-0.39, 0.29) is 10.9 Å². The van der Waals surface area contributed by atoms with Crippen molar-refractivity contribution in [1.82, 2.24) is 24.7 Å². The molecule has 3 aromatic heterocycles. The largest absolute Gasteiger partial charge is 0.391 e. The van der Waals surface area contributed by atoms with Gasteiger partial charge in [-0.2, -0.15) is 0 Å². The number of aromatic nitrogens is 4. The molecule has 0 bridgehead atoms. The normalized spacial score (nSPS) is 22.0. The molecule has 1 aliphatic carbocycles. The number of nitrogens with one attached hydrogen (secondary N) is 3. The van der Waals surface area contributed by atoms with Crippen molar-refractivity contribution < 1.29 is 13.5 Å². The summed E-state index contributed by atoms with van der Waals surface area (Å²) in [5.74, 6) is 1.51. The van der Waals surface area contributed by atoms with E-state index in [4.69, 9.17) is 0 Å². The molecule has 6 rings (SSSR count). The van der Waals surface area contributed by atoms with Gasteiger partial charge in [0.1, 0.15) is 28.5 Å². The van der Waals surface area contributed by atoms with Crippen LogP contribution >= 0.6 is 0 Å². The lowest BCUT2D eigenvalue weighted by molar-refractivity contribution is 0.151. The third kappa shape index (κ3) is 4.11. The minimum absolute atomic E-state index is 0.0588. The van der Waals surface area contributed by atoms with Gasteiger partial charge in [0, 0.05) is 37.9 Å². The molecule has 2 unspecified atom stereocenters. The van der Waals surface area contributed by atoms with Gasteiger partial charge in [0.05, 0.1) is 17.5 Å². The van der Waals surface area contributed by atoms with Crippen LogP contribution in [-0.4, -0.2) is 58.7 Å².